The Bertz CT molecular complexity index is 383. The summed E-state index contributed by atoms with van der Waals surface area (Å²) in [5.74, 6) is 0.982. The van der Waals surface area contributed by atoms with Crippen LogP contribution in [-0.2, 0) is 4.74 Å². The molecule has 102 valence electrons. The van der Waals surface area contributed by atoms with Gasteiger partial charge in [0, 0.05) is 26.7 Å². The molecule has 0 aliphatic heterocycles. The van der Waals surface area contributed by atoms with E-state index in [4.69, 9.17) is 15.2 Å². The van der Waals surface area contributed by atoms with Crippen molar-refractivity contribution in [2.24, 2.45) is 0 Å². The lowest BCUT2D eigenvalue weighted by Gasteiger charge is -2.23. The van der Waals surface area contributed by atoms with Gasteiger partial charge in [-0.25, -0.2) is 0 Å². The van der Waals surface area contributed by atoms with Gasteiger partial charge in [-0.3, -0.25) is 0 Å². The number of hydrogen-bond donors (Lipinski definition) is 3. The van der Waals surface area contributed by atoms with Crippen LogP contribution in [0.2, 0.25) is 0 Å². The second kappa shape index (κ2) is 6.42. The number of methoxy groups -OCH3 is 2. The molecule has 0 fully saturated rings. The van der Waals surface area contributed by atoms with Crippen LogP contribution in [0.3, 0.4) is 0 Å². The van der Waals surface area contributed by atoms with E-state index in [1.807, 2.05) is 0 Å². The minimum absolute atomic E-state index is 0.371. The van der Waals surface area contributed by atoms with Gasteiger partial charge in [0.1, 0.15) is 5.82 Å². The highest BCUT2D eigenvalue weighted by atomic mass is 16.5. The molecule has 4 N–H and O–H groups in total. The summed E-state index contributed by atoms with van der Waals surface area (Å²) >= 11 is 0. The average molecular weight is 255 g/mol. The monoisotopic (exact) mass is 255 g/mol. The first-order valence-corrected chi connectivity index (χ1v) is 5.74. The summed E-state index contributed by atoms with van der Waals surface area (Å²) < 4.78 is 9.97. The van der Waals surface area contributed by atoms with E-state index in [0.717, 1.165) is 0 Å². The number of nitrogens with zero attached hydrogens (tertiary/aromatic N) is 1. The third kappa shape index (κ3) is 4.38. The maximum atomic E-state index is 10.1. The molecule has 1 rings (SSSR count). The number of anilines is 2. The molecule has 6 nitrogen and oxygen atoms in total. The molecule has 1 atom stereocenters. The van der Waals surface area contributed by atoms with E-state index < -0.39 is 5.60 Å². The summed E-state index contributed by atoms with van der Waals surface area (Å²) in [6, 6.07) is 3.45. The van der Waals surface area contributed by atoms with Gasteiger partial charge in [-0.15, -0.1) is 0 Å². The molecule has 18 heavy (non-hydrogen) atoms. The van der Waals surface area contributed by atoms with Crippen LogP contribution in [0, 0.1) is 0 Å². The second-order valence-corrected chi connectivity index (χ2v) is 4.39. The number of nitrogens with two attached hydrogens (primary N) is 1. The fourth-order valence-corrected chi connectivity index (χ4v) is 1.40. The van der Waals surface area contributed by atoms with Gasteiger partial charge in [0.25, 0.3) is 0 Å². The molecule has 1 aromatic heterocycles. The Labute approximate surface area is 107 Å². The number of hydrogen-bond acceptors (Lipinski definition) is 6. The summed E-state index contributed by atoms with van der Waals surface area (Å²) in [4.78, 5) is 4.17. The van der Waals surface area contributed by atoms with Crippen LogP contribution in [-0.4, -0.2) is 43.1 Å². The molecule has 0 spiro atoms. The lowest BCUT2D eigenvalue weighted by Crippen LogP contribution is -2.34. The first kappa shape index (κ1) is 14.5. The maximum absolute atomic E-state index is 10.1. The Morgan fingerprint density at radius 3 is 2.78 bits per heavy atom. The zero-order valence-corrected chi connectivity index (χ0v) is 11.1. The Morgan fingerprint density at radius 1 is 1.44 bits per heavy atom. The van der Waals surface area contributed by atoms with Crippen molar-refractivity contribution < 1.29 is 14.6 Å². The predicted octanol–water partition coefficient (Wildman–Crippen LogP) is 0.872. The quantitative estimate of drug-likeness (QED) is 0.670. The minimum Gasteiger partial charge on any atom is -0.479 e. The van der Waals surface area contributed by atoms with Gasteiger partial charge < -0.3 is 25.6 Å². The van der Waals surface area contributed by atoms with Gasteiger partial charge in [0.05, 0.1) is 18.4 Å². The Morgan fingerprint density at radius 2 is 2.17 bits per heavy atom. The highest BCUT2D eigenvalue weighted by Crippen LogP contribution is 2.20. The minimum atomic E-state index is -0.855. The number of rotatable bonds is 7. The van der Waals surface area contributed by atoms with Crippen molar-refractivity contribution >= 4 is 11.5 Å². The molecular formula is C12H21N3O3. The van der Waals surface area contributed by atoms with E-state index in [9.17, 15) is 5.11 Å². The van der Waals surface area contributed by atoms with Crippen LogP contribution in [0.15, 0.2) is 12.1 Å². The third-order valence-corrected chi connectivity index (χ3v) is 2.58. The van der Waals surface area contributed by atoms with Gasteiger partial charge >= 0.3 is 0 Å². The van der Waals surface area contributed by atoms with Crippen molar-refractivity contribution in [1.82, 2.24) is 4.98 Å². The Hall–Kier alpha value is -1.53. The molecule has 1 heterocycles. The fourth-order valence-electron chi connectivity index (χ4n) is 1.40. The molecule has 0 saturated heterocycles. The molecular weight excluding hydrogens is 234 g/mol. The van der Waals surface area contributed by atoms with E-state index in [1.54, 1.807) is 26.2 Å². The lowest BCUT2D eigenvalue weighted by molar-refractivity contribution is 0.0357. The predicted molar refractivity (Wildman–Crippen MR) is 70.8 cm³/mol. The molecule has 0 bridgehead atoms. The molecule has 0 saturated carbocycles. The van der Waals surface area contributed by atoms with Crippen molar-refractivity contribution in [3.63, 3.8) is 0 Å². The molecule has 0 aliphatic rings. The van der Waals surface area contributed by atoms with Crippen LogP contribution >= 0.6 is 0 Å². The zero-order chi connectivity index (χ0) is 13.6. The maximum Gasteiger partial charge on any atom is 0.238 e. The third-order valence-electron chi connectivity index (χ3n) is 2.58. The standard InChI is InChI=1S/C12H21N3O3/c1-12(16,6-7-17-2)8-14-10-5-4-9(13)11(15-10)18-3/h4-5,16H,6-8,13H2,1-3H3,(H,14,15). The van der Waals surface area contributed by atoms with Crippen LogP contribution in [0.5, 0.6) is 5.88 Å². The number of aromatic nitrogens is 1. The van der Waals surface area contributed by atoms with Crippen molar-refractivity contribution in [3.05, 3.63) is 12.1 Å². The average Bonchev–Trinajstić information content (AvgIpc) is 2.35. The molecule has 0 radical (unpaired) electrons. The van der Waals surface area contributed by atoms with Crippen molar-refractivity contribution in [2.75, 3.05) is 38.4 Å². The largest absolute Gasteiger partial charge is 0.479 e. The molecule has 0 amide bonds. The topological polar surface area (TPSA) is 89.6 Å². The smallest absolute Gasteiger partial charge is 0.238 e. The van der Waals surface area contributed by atoms with Crippen LogP contribution in [0.4, 0.5) is 11.5 Å². The van der Waals surface area contributed by atoms with Crippen molar-refractivity contribution in [3.8, 4) is 5.88 Å². The molecule has 1 unspecified atom stereocenters. The SMILES string of the molecule is COCCC(C)(O)CNc1ccc(N)c(OC)n1. The summed E-state index contributed by atoms with van der Waals surface area (Å²) in [6.07, 6.45) is 0.544. The Balaban J connectivity index is 2.57. The Kier molecular flexibility index (Phi) is 5.18. The summed E-state index contributed by atoms with van der Waals surface area (Å²) in [6.45, 7) is 2.62. The van der Waals surface area contributed by atoms with E-state index in [-0.39, 0.29) is 0 Å². The van der Waals surface area contributed by atoms with Gasteiger partial charge in [-0.2, -0.15) is 4.98 Å². The molecule has 0 aromatic carbocycles. The first-order valence-electron chi connectivity index (χ1n) is 5.74. The lowest BCUT2D eigenvalue weighted by atomic mass is 10.0. The number of nitrogen functional groups attached to an aromatic ring is 1. The van der Waals surface area contributed by atoms with E-state index in [1.165, 1.54) is 7.11 Å². The summed E-state index contributed by atoms with van der Waals surface area (Å²) in [7, 11) is 3.12. The van der Waals surface area contributed by atoms with E-state index >= 15 is 0 Å². The molecule has 1 aromatic rings. The first-order chi connectivity index (χ1) is 8.48. The van der Waals surface area contributed by atoms with Gasteiger partial charge in [-0.05, 0) is 19.1 Å². The molecule has 0 aliphatic carbocycles. The van der Waals surface area contributed by atoms with Crippen LogP contribution in [0.1, 0.15) is 13.3 Å². The van der Waals surface area contributed by atoms with Gasteiger partial charge in [0.2, 0.25) is 5.88 Å². The highest BCUT2D eigenvalue weighted by molar-refractivity contribution is 5.53. The number of aliphatic hydroxyl groups is 1. The van der Waals surface area contributed by atoms with Crippen molar-refractivity contribution in [1.29, 1.82) is 0 Å². The number of nitrogens with one attached hydrogen (secondary N) is 1. The summed E-state index contributed by atoms with van der Waals surface area (Å²) in [5, 5.41) is 13.1. The number of ether oxygens (including phenoxy) is 2. The zero-order valence-electron chi connectivity index (χ0n) is 11.1. The fraction of sp³-hybridized carbons (Fsp3) is 0.583. The number of pyridine rings is 1. The van der Waals surface area contributed by atoms with Crippen molar-refractivity contribution in [2.45, 2.75) is 18.9 Å². The van der Waals surface area contributed by atoms with Crippen LogP contribution in [0.25, 0.3) is 0 Å². The van der Waals surface area contributed by atoms with Gasteiger partial charge in [0.15, 0.2) is 0 Å². The molecule has 6 heteroatoms. The second-order valence-electron chi connectivity index (χ2n) is 4.39. The summed E-state index contributed by atoms with van der Waals surface area (Å²) in [5.41, 5.74) is 5.29. The highest BCUT2D eigenvalue weighted by Gasteiger charge is 2.19. The van der Waals surface area contributed by atoms with Gasteiger partial charge in [-0.1, -0.05) is 0 Å². The van der Waals surface area contributed by atoms with Crippen LogP contribution < -0.4 is 15.8 Å². The normalized spacial score (nSPS) is 14.0. The van der Waals surface area contributed by atoms with E-state index in [0.29, 0.717) is 37.0 Å². The van der Waals surface area contributed by atoms with E-state index in [2.05, 4.69) is 10.3 Å².